The van der Waals surface area contributed by atoms with Gasteiger partial charge in [0.05, 0.1) is 5.56 Å². The highest BCUT2D eigenvalue weighted by Gasteiger charge is 2.14. The molecule has 0 bridgehead atoms. The van der Waals surface area contributed by atoms with Gasteiger partial charge in [-0.05, 0) is 35.7 Å². The predicted octanol–water partition coefficient (Wildman–Crippen LogP) is 2.78. The van der Waals surface area contributed by atoms with E-state index in [9.17, 15) is 9.59 Å². The SMILES string of the molecule is CNC(=O)c1ccsc1NC(=O)COc1ccc(Cl)cc1. The molecule has 0 aliphatic carbocycles. The van der Waals surface area contributed by atoms with Gasteiger partial charge < -0.3 is 15.4 Å². The smallest absolute Gasteiger partial charge is 0.262 e. The molecule has 0 saturated carbocycles. The highest BCUT2D eigenvalue weighted by molar-refractivity contribution is 7.14. The first-order chi connectivity index (χ1) is 10.1. The summed E-state index contributed by atoms with van der Waals surface area (Å²) in [7, 11) is 1.54. The Bertz CT molecular complexity index is 640. The van der Waals surface area contributed by atoms with E-state index in [1.54, 1.807) is 35.7 Å². The summed E-state index contributed by atoms with van der Waals surface area (Å²) in [6.45, 7) is -0.146. The highest BCUT2D eigenvalue weighted by Crippen LogP contribution is 2.23. The van der Waals surface area contributed by atoms with E-state index in [1.165, 1.54) is 18.4 Å². The maximum atomic E-state index is 11.8. The van der Waals surface area contributed by atoms with Crippen molar-refractivity contribution in [1.82, 2.24) is 5.32 Å². The summed E-state index contributed by atoms with van der Waals surface area (Å²) in [6.07, 6.45) is 0. The monoisotopic (exact) mass is 324 g/mol. The summed E-state index contributed by atoms with van der Waals surface area (Å²) in [4.78, 5) is 23.4. The van der Waals surface area contributed by atoms with E-state index >= 15 is 0 Å². The van der Waals surface area contributed by atoms with Crippen LogP contribution in [0.1, 0.15) is 10.4 Å². The number of amides is 2. The Labute approximate surface area is 130 Å². The largest absolute Gasteiger partial charge is 0.484 e. The maximum absolute atomic E-state index is 11.8. The normalized spacial score (nSPS) is 10.0. The van der Waals surface area contributed by atoms with Gasteiger partial charge in [-0.1, -0.05) is 11.6 Å². The second-order valence-corrected chi connectivity index (χ2v) is 5.39. The van der Waals surface area contributed by atoms with Gasteiger partial charge >= 0.3 is 0 Å². The number of ether oxygens (including phenoxy) is 1. The van der Waals surface area contributed by atoms with Gasteiger partial charge in [-0.15, -0.1) is 11.3 Å². The number of halogens is 1. The first kappa shape index (κ1) is 15.3. The Morgan fingerprint density at radius 2 is 1.95 bits per heavy atom. The molecule has 0 aliphatic heterocycles. The molecule has 110 valence electrons. The second-order valence-electron chi connectivity index (χ2n) is 4.03. The minimum atomic E-state index is -0.336. The van der Waals surface area contributed by atoms with E-state index in [2.05, 4.69) is 10.6 Å². The average molecular weight is 325 g/mol. The number of anilines is 1. The van der Waals surface area contributed by atoms with Gasteiger partial charge in [0, 0.05) is 12.1 Å². The molecule has 0 atom stereocenters. The summed E-state index contributed by atoms with van der Waals surface area (Å²) in [5.74, 6) is -0.0324. The van der Waals surface area contributed by atoms with E-state index in [-0.39, 0.29) is 18.4 Å². The maximum Gasteiger partial charge on any atom is 0.262 e. The fourth-order valence-electron chi connectivity index (χ4n) is 1.56. The number of hydrogen-bond donors (Lipinski definition) is 2. The van der Waals surface area contributed by atoms with Crippen LogP contribution in [0.25, 0.3) is 0 Å². The van der Waals surface area contributed by atoms with Gasteiger partial charge in [-0.25, -0.2) is 0 Å². The van der Waals surface area contributed by atoms with Crippen molar-refractivity contribution in [2.45, 2.75) is 0 Å². The second kappa shape index (κ2) is 7.10. The number of carbonyl (C=O) groups excluding carboxylic acids is 2. The van der Waals surface area contributed by atoms with Crippen molar-refractivity contribution in [1.29, 1.82) is 0 Å². The van der Waals surface area contributed by atoms with Crippen molar-refractivity contribution in [3.8, 4) is 5.75 Å². The first-order valence-electron chi connectivity index (χ1n) is 6.08. The zero-order valence-corrected chi connectivity index (χ0v) is 12.8. The molecular formula is C14H13ClN2O3S. The molecule has 2 rings (SSSR count). The number of rotatable bonds is 5. The van der Waals surface area contributed by atoms with Crippen molar-refractivity contribution < 1.29 is 14.3 Å². The van der Waals surface area contributed by atoms with Gasteiger partial charge in [0.1, 0.15) is 10.8 Å². The van der Waals surface area contributed by atoms with E-state index in [4.69, 9.17) is 16.3 Å². The van der Waals surface area contributed by atoms with Crippen LogP contribution in [0.2, 0.25) is 5.02 Å². The molecule has 0 radical (unpaired) electrons. The van der Waals surface area contributed by atoms with Crippen LogP contribution in [0, 0.1) is 0 Å². The van der Waals surface area contributed by atoms with Gasteiger partial charge in [-0.3, -0.25) is 9.59 Å². The molecule has 1 aromatic carbocycles. The number of carbonyl (C=O) groups is 2. The van der Waals surface area contributed by atoms with Crippen molar-refractivity contribution in [2.24, 2.45) is 0 Å². The van der Waals surface area contributed by atoms with Crippen molar-refractivity contribution in [3.63, 3.8) is 0 Å². The van der Waals surface area contributed by atoms with Gasteiger partial charge in [0.15, 0.2) is 6.61 Å². The molecule has 0 aliphatic rings. The van der Waals surface area contributed by atoms with E-state index in [0.29, 0.717) is 21.3 Å². The van der Waals surface area contributed by atoms with Crippen LogP contribution in [-0.4, -0.2) is 25.5 Å². The highest BCUT2D eigenvalue weighted by atomic mass is 35.5. The quantitative estimate of drug-likeness (QED) is 0.888. The van der Waals surface area contributed by atoms with Gasteiger partial charge in [0.25, 0.3) is 11.8 Å². The van der Waals surface area contributed by atoms with Crippen LogP contribution in [-0.2, 0) is 4.79 Å². The van der Waals surface area contributed by atoms with Crippen LogP contribution < -0.4 is 15.4 Å². The summed E-state index contributed by atoms with van der Waals surface area (Å²) in [6, 6.07) is 8.36. The van der Waals surface area contributed by atoms with E-state index < -0.39 is 0 Å². The lowest BCUT2D eigenvalue weighted by Gasteiger charge is -2.07. The van der Waals surface area contributed by atoms with Crippen LogP contribution in [0.4, 0.5) is 5.00 Å². The Morgan fingerprint density at radius 3 is 2.62 bits per heavy atom. The van der Waals surface area contributed by atoms with Crippen LogP contribution in [0.3, 0.4) is 0 Å². The molecule has 7 heteroatoms. The Morgan fingerprint density at radius 1 is 1.24 bits per heavy atom. The molecule has 5 nitrogen and oxygen atoms in total. The molecule has 1 aromatic heterocycles. The van der Waals surface area contributed by atoms with Gasteiger partial charge in [0.2, 0.25) is 0 Å². The van der Waals surface area contributed by atoms with Crippen LogP contribution in [0.15, 0.2) is 35.7 Å². The van der Waals surface area contributed by atoms with Crippen LogP contribution in [0.5, 0.6) is 5.75 Å². The first-order valence-corrected chi connectivity index (χ1v) is 7.33. The number of hydrogen-bond acceptors (Lipinski definition) is 4. The molecule has 21 heavy (non-hydrogen) atoms. The minimum absolute atomic E-state index is 0.146. The number of thiophene rings is 1. The molecule has 1 heterocycles. The van der Waals surface area contributed by atoms with Gasteiger partial charge in [-0.2, -0.15) is 0 Å². The lowest BCUT2D eigenvalue weighted by atomic mass is 10.3. The Hall–Kier alpha value is -2.05. The lowest BCUT2D eigenvalue weighted by molar-refractivity contribution is -0.118. The fraction of sp³-hybridized carbons (Fsp3) is 0.143. The third-order valence-electron chi connectivity index (χ3n) is 2.57. The van der Waals surface area contributed by atoms with Crippen molar-refractivity contribution in [3.05, 3.63) is 46.3 Å². The molecule has 2 amide bonds. The molecule has 0 fully saturated rings. The molecular weight excluding hydrogens is 312 g/mol. The van der Waals surface area contributed by atoms with Crippen LogP contribution >= 0.6 is 22.9 Å². The average Bonchev–Trinajstić information content (AvgIpc) is 2.94. The number of benzene rings is 1. The molecule has 2 N–H and O–H groups in total. The minimum Gasteiger partial charge on any atom is -0.484 e. The molecule has 0 unspecified atom stereocenters. The lowest BCUT2D eigenvalue weighted by Crippen LogP contribution is -2.23. The van der Waals surface area contributed by atoms with E-state index in [0.717, 1.165) is 0 Å². The zero-order chi connectivity index (χ0) is 15.2. The topological polar surface area (TPSA) is 67.4 Å². The zero-order valence-electron chi connectivity index (χ0n) is 11.2. The summed E-state index contributed by atoms with van der Waals surface area (Å²) in [5.41, 5.74) is 0.433. The summed E-state index contributed by atoms with van der Waals surface area (Å²) >= 11 is 7.04. The standard InChI is InChI=1S/C14H13ClN2O3S/c1-16-13(19)11-6-7-21-14(11)17-12(18)8-20-10-4-2-9(15)3-5-10/h2-7H,8H2,1H3,(H,16,19)(H,17,18). The summed E-state index contributed by atoms with van der Waals surface area (Å²) in [5, 5.41) is 8.01. The molecule has 2 aromatic rings. The van der Waals surface area contributed by atoms with E-state index in [1.807, 2.05) is 0 Å². The molecule has 0 saturated heterocycles. The number of nitrogens with one attached hydrogen (secondary N) is 2. The predicted molar refractivity (Wildman–Crippen MR) is 83.3 cm³/mol. The van der Waals surface area contributed by atoms with Crippen molar-refractivity contribution in [2.75, 3.05) is 19.0 Å². The Kier molecular flexibility index (Phi) is 5.19. The third-order valence-corrected chi connectivity index (χ3v) is 3.66. The third kappa shape index (κ3) is 4.21. The van der Waals surface area contributed by atoms with Crippen molar-refractivity contribution >= 4 is 39.8 Å². The fourth-order valence-corrected chi connectivity index (χ4v) is 2.49. The Balaban J connectivity index is 1.92. The molecule has 0 spiro atoms. The summed E-state index contributed by atoms with van der Waals surface area (Å²) < 4.78 is 5.33.